The topological polar surface area (TPSA) is 37.4 Å². The van der Waals surface area contributed by atoms with Gasteiger partial charge in [0.2, 0.25) is 10.0 Å². The Bertz CT molecular complexity index is 471. The van der Waals surface area contributed by atoms with Crippen molar-refractivity contribution in [1.29, 1.82) is 0 Å². The summed E-state index contributed by atoms with van der Waals surface area (Å²) in [5.41, 5.74) is 0.770. The monoisotopic (exact) mass is 305 g/mol. The molecule has 16 heavy (non-hydrogen) atoms. The van der Waals surface area contributed by atoms with Crippen molar-refractivity contribution >= 4 is 26.0 Å². The summed E-state index contributed by atoms with van der Waals surface area (Å²) >= 11 is 3.29. The van der Waals surface area contributed by atoms with Crippen molar-refractivity contribution in [3.05, 3.63) is 28.2 Å². The Morgan fingerprint density at radius 1 is 1.38 bits per heavy atom. The third-order valence-corrected chi connectivity index (χ3v) is 4.87. The van der Waals surface area contributed by atoms with Crippen LogP contribution in [-0.4, -0.2) is 26.3 Å². The molecule has 0 fully saturated rings. The summed E-state index contributed by atoms with van der Waals surface area (Å²) in [5.74, 6) is 0. The largest absolute Gasteiger partial charge is 0.243 e. The van der Waals surface area contributed by atoms with Gasteiger partial charge in [-0.2, -0.15) is 0 Å². The molecule has 1 aromatic rings. The molecule has 0 amide bonds. The van der Waals surface area contributed by atoms with E-state index in [4.69, 9.17) is 0 Å². The molecule has 0 spiro atoms. The predicted octanol–water partition coefficient (Wildman–Crippen LogP) is 2.79. The summed E-state index contributed by atoms with van der Waals surface area (Å²) in [5, 5.41) is 0. The van der Waals surface area contributed by atoms with Gasteiger partial charge in [0.05, 0.1) is 4.90 Å². The van der Waals surface area contributed by atoms with Gasteiger partial charge in [0.25, 0.3) is 0 Å². The van der Waals surface area contributed by atoms with Crippen LogP contribution in [0.4, 0.5) is 0 Å². The van der Waals surface area contributed by atoms with Crippen LogP contribution in [0.25, 0.3) is 0 Å². The molecule has 1 rings (SSSR count). The molecule has 5 heteroatoms. The maximum absolute atomic E-state index is 12.2. The summed E-state index contributed by atoms with van der Waals surface area (Å²) in [6.45, 7) is 4.30. The molecule has 0 saturated carbocycles. The molecule has 0 heterocycles. The van der Waals surface area contributed by atoms with Gasteiger partial charge in [-0.1, -0.05) is 28.9 Å². The smallest absolute Gasteiger partial charge is 0.207 e. The molecular weight excluding hydrogens is 290 g/mol. The highest BCUT2D eigenvalue weighted by molar-refractivity contribution is 9.10. The molecule has 0 aliphatic rings. The second-order valence-electron chi connectivity index (χ2n) is 3.74. The van der Waals surface area contributed by atoms with Crippen LogP contribution < -0.4 is 0 Å². The van der Waals surface area contributed by atoms with Crippen LogP contribution in [0.2, 0.25) is 0 Å². The quantitative estimate of drug-likeness (QED) is 0.858. The lowest BCUT2D eigenvalue weighted by molar-refractivity contribution is 0.468. The van der Waals surface area contributed by atoms with Crippen LogP contribution in [0.3, 0.4) is 0 Å². The number of benzene rings is 1. The number of rotatable bonds is 4. The minimum atomic E-state index is -3.35. The van der Waals surface area contributed by atoms with E-state index in [0.717, 1.165) is 16.5 Å². The molecule has 0 aliphatic carbocycles. The van der Waals surface area contributed by atoms with E-state index in [1.54, 1.807) is 26.1 Å². The number of hydrogen-bond donors (Lipinski definition) is 0. The predicted molar refractivity (Wildman–Crippen MR) is 69.0 cm³/mol. The first-order valence-corrected chi connectivity index (χ1v) is 7.35. The van der Waals surface area contributed by atoms with Crippen LogP contribution >= 0.6 is 15.9 Å². The van der Waals surface area contributed by atoms with Gasteiger partial charge in [-0.3, -0.25) is 0 Å². The fourth-order valence-electron chi connectivity index (χ4n) is 1.45. The number of aryl methyl sites for hydroxylation is 1. The lowest BCUT2D eigenvalue weighted by atomic mass is 10.2. The number of halogens is 1. The normalized spacial score (nSPS) is 12.1. The molecule has 3 nitrogen and oxygen atoms in total. The summed E-state index contributed by atoms with van der Waals surface area (Å²) in [7, 11) is -1.74. The first kappa shape index (κ1) is 13.7. The summed E-state index contributed by atoms with van der Waals surface area (Å²) in [4.78, 5) is 0.373. The fraction of sp³-hybridized carbons (Fsp3) is 0.455. The van der Waals surface area contributed by atoms with Gasteiger partial charge in [0.15, 0.2) is 0 Å². The highest BCUT2D eigenvalue weighted by atomic mass is 79.9. The number of sulfonamides is 1. The average Bonchev–Trinajstić information content (AvgIpc) is 2.22. The molecule has 1 aromatic carbocycles. The standard InChI is InChI=1S/C11H16BrNO2S/c1-4-7-13(3)16(14,15)11-8-10(12)6-5-9(11)2/h5-6,8H,4,7H2,1-3H3. The van der Waals surface area contributed by atoms with Crippen molar-refractivity contribution in [2.45, 2.75) is 25.2 Å². The SMILES string of the molecule is CCCN(C)S(=O)(=O)c1cc(Br)ccc1C. The Balaban J connectivity index is 3.21. The second-order valence-corrected chi connectivity index (χ2v) is 6.67. The summed E-state index contributed by atoms with van der Waals surface area (Å²) in [6, 6.07) is 5.29. The van der Waals surface area contributed by atoms with E-state index < -0.39 is 10.0 Å². The summed E-state index contributed by atoms with van der Waals surface area (Å²) in [6.07, 6.45) is 0.808. The van der Waals surface area contributed by atoms with E-state index in [1.807, 2.05) is 13.0 Å². The van der Waals surface area contributed by atoms with Crippen molar-refractivity contribution in [3.8, 4) is 0 Å². The van der Waals surface area contributed by atoms with Crippen LogP contribution in [0, 0.1) is 6.92 Å². The van der Waals surface area contributed by atoms with E-state index in [0.29, 0.717) is 11.4 Å². The van der Waals surface area contributed by atoms with Gasteiger partial charge in [-0.15, -0.1) is 0 Å². The highest BCUT2D eigenvalue weighted by Crippen LogP contribution is 2.23. The minimum Gasteiger partial charge on any atom is -0.207 e. The fourth-order valence-corrected chi connectivity index (χ4v) is 3.48. The van der Waals surface area contributed by atoms with E-state index in [9.17, 15) is 8.42 Å². The number of hydrogen-bond acceptors (Lipinski definition) is 2. The molecule has 0 aliphatic heterocycles. The lowest BCUT2D eigenvalue weighted by Gasteiger charge is -2.17. The molecule has 0 aromatic heterocycles. The number of nitrogens with zero attached hydrogens (tertiary/aromatic N) is 1. The molecular formula is C11H16BrNO2S. The van der Waals surface area contributed by atoms with Gasteiger partial charge in [0.1, 0.15) is 0 Å². The highest BCUT2D eigenvalue weighted by Gasteiger charge is 2.21. The Kier molecular flexibility index (Phi) is 4.52. The molecule has 90 valence electrons. The van der Waals surface area contributed by atoms with Gasteiger partial charge in [-0.05, 0) is 31.0 Å². The third kappa shape index (κ3) is 2.84. The van der Waals surface area contributed by atoms with Crippen LogP contribution in [0.1, 0.15) is 18.9 Å². The third-order valence-electron chi connectivity index (χ3n) is 2.38. The van der Waals surface area contributed by atoms with Crippen molar-refractivity contribution in [1.82, 2.24) is 4.31 Å². The van der Waals surface area contributed by atoms with E-state index in [-0.39, 0.29) is 0 Å². The van der Waals surface area contributed by atoms with E-state index in [1.165, 1.54) is 4.31 Å². The van der Waals surface area contributed by atoms with E-state index >= 15 is 0 Å². The van der Waals surface area contributed by atoms with Gasteiger partial charge in [0, 0.05) is 18.1 Å². The lowest BCUT2D eigenvalue weighted by Crippen LogP contribution is -2.28. The van der Waals surface area contributed by atoms with Crippen molar-refractivity contribution in [3.63, 3.8) is 0 Å². The first-order chi connectivity index (χ1) is 7.39. The summed E-state index contributed by atoms with van der Waals surface area (Å²) < 4.78 is 26.6. The second kappa shape index (κ2) is 5.29. The zero-order valence-corrected chi connectivity index (χ0v) is 12.1. The maximum atomic E-state index is 12.2. The molecule has 0 N–H and O–H groups in total. The van der Waals surface area contributed by atoms with Crippen molar-refractivity contribution in [2.75, 3.05) is 13.6 Å². The van der Waals surface area contributed by atoms with Crippen molar-refractivity contribution < 1.29 is 8.42 Å². The molecule has 0 radical (unpaired) electrons. The van der Waals surface area contributed by atoms with Crippen LogP contribution in [0.15, 0.2) is 27.6 Å². The van der Waals surface area contributed by atoms with Gasteiger partial charge >= 0.3 is 0 Å². The van der Waals surface area contributed by atoms with E-state index in [2.05, 4.69) is 15.9 Å². The van der Waals surface area contributed by atoms with Gasteiger partial charge < -0.3 is 0 Å². The maximum Gasteiger partial charge on any atom is 0.243 e. The molecule has 0 unspecified atom stereocenters. The zero-order valence-electron chi connectivity index (χ0n) is 9.70. The van der Waals surface area contributed by atoms with Crippen LogP contribution in [-0.2, 0) is 10.0 Å². The first-order valence-electron chi connectivity index (χ1n) is 5.12. The van der Waals surface area contributed by atoms with Crippen molar-refractivity contribution in [2.24, 2.45) is 0 Å². The molecule has 0 atom stereocenters. The Labute approximate surface area is 106 Å². The Morgan fingerprint density at radius 2 is 2.00 bits per heavy atom. The van der Waals surface area contributed by atoms with Crippen LogP contribution in [0.5, 0.6) is 0 Å². The molecule has 0 saturated heterocycles. The Morgan fingerprint density at radius 3 is 2.56 bits per heavy atom. The van der Waals surface area contributed by atoms with Gasteiger partial charge in [-0.25, -0.2) is 12.7 Å². The zero-order chi connectivity index (χ0) is 12.3. The minimum absolute atomic E-state index is 0.373. The Hall–Kier alpha value is -0.390. The molecule has 0 bridgehead atoms. The average molecular weight is 306 g/mol.